The number of carbonyl (C=O) groups is 3. The summed E-state index contributed by atoms with van der Waals surface area (Å²) in [6.07, 6.45) is 1.64. The van der Waals surface area contributed by atoms with Crippen molar-refractivity contribution in [1.29, 1.82) is 0 Å². The highest BCUT2D eigenvalue weighted by atomic mass is 32.2. The molecule has 0 aliphatic heterocycles. The maximum atomic E-state index is 12.1. The first kappa shape index (κ1) is 27.5. The molecule has 0 unspecified atom stereocenters. The molecule has 1 atom stereocenters. The molecule has 1 heterocycles. The van der Waals surface area contributed by atoms with Crippen LogP contribution in [-0.4, -0.2) is 74.6 Å². The van der Waals surface area contributed by atoms with E-state index >= 15 is 0 Å². The van der Waals surface area contributed by atoms with Crippen LogP contribution in [0, 0.1) is 5.41 Å². The van der Waals surface area contributed by atoms with Gasteiger partial charge in [-0.25, -0.2) is 9.59 Å². The van der Waals surface area contributed by atoms with Gasteiger partial charge in [0, 0.05) is 37.7 Å². The first-order valence-electron chi connectivity index (χ1n) is 9.98. The van der Waals surface area contributed by atoms with Crippen LogP contribution in [0.4, 0.5) is 0 Å². The summed E-state index contributed by atoms with van der Waals surface area (Å²) in [7, 11) is -3.89. The van der Waals surface area contributed by atoms with Crippen LogP contribution in [0.3, 0.4) is 0 Å². The zero-order chi connectivity index (χ0) is 24.2. The Morgan fingerprint density at radius 1 is 1.19 bits per heavy atom. The lowest BCUT2D eigenvalue weighted by atomic mass is 9.88. The van der Waals surface area contributed by atoms with E-state index in [1.165, 1.54) is 33.2 Å². The second-order valence-corrected chi connectivity index (χ2v) is 9.41. The molecule has 1 amide bonds. The van der Waals surface area contributed by atoms with Crippen LogP contribution in [0.2, 0.25) is 0 Å². The molecule has 11 nitrogen and oxygen atoms in total. The number of nitrogens with zero attached hydrogens (tertiary/aromatic N) is 1. The number of aromatic nitrogens is 1. The molecule has 1 rings (SSSR count). The molecular weight excluding hydrogens is 444 g/mol. The van der Waals surface area contributed by atoms with Gasteiger partial charge in [0.2, 0.25) is 5.91 Å². The number of ether oxygens (including phenoxy) is 2. The Morgan fingerprint density at radius 2 is 1.88 bits per heavy atom. The lowest BCUT2D eigenvalue weighted by Gasteiger charge is -2.28. The summed E-state index contributed by atoms with van der Waals surface area (Å²) in [6, 6.07) is 3.15. The molecule has 0 spiro atoms. The van der Waals surface area contributed by atoms with Crippen molar-refractivity contribution in [1.82, 2.24) is 10.3 Å². The molecule has 1 aromatic rings. The summed E-state index contributed by atoms with van der Waals surface area (Å²) in [5.74, 6) is -2.08. The monoisotopic (exact) mass is 474 g/mol. The van der Waals surface area contributed by atoms with Crippen molar-refractivity contribution in [2.24, 2.45) is 5.41 Å². The van der Waals surface area contributed by atoms with Crippen molar-refractivity contribution < 1.29 is 41.6 Å². The number of pyridine rings is 1. The van der Waals surface area contributed by atoms with Crippen molar-refractivity contribution in [3.05, 3.63) is 30.1 Å². The number of rotatable bonds is 14. The van der Waals surface area contributed by atoms with Gasteiger partial charge >= 0.3 is 11.9 Å². The van der Waals surface area contributed by atoms with E-state index in [0.717, 1.165) is 0 Å². The average Bonchev–Trinajstić information content (AvgIpc) is 2.75. The van der Waals surface area contributed by atoms with Gasteiger partial charge in [0.05, 0.1) is 31.1 Å². The molecule has 0 saturated heterocycles. The van der Waals surface area contributed by atoms with E-state index in [0.29, 0.717) is 5.56 Å². The second-order valence-electron chi connectivity index (χ2n) is 7.65. The van der Waals surface area contributed by atoms with Gasteiger partial charge in [-0.2, -0.15) is 8.42 Å². The van der Waals surface area contributed by atoms with Crippen LogP contribution in [0.1, 0.15) is 44.0 Å². The van der Waals surface area contributed by atoms with Gasteiger partial charge in [-0.15, -0.1) is 0 Å². The van der Waals surface area contributed by atoms with Crippen LogP contribution >= 0.6 is 0 Å². The van der Waals surface area contributed by atoms with Crippen molar-refractivity contribution in [2.75, 3.05) is 32.1 Å². The van der Waals surface area contributed by atoms with Crippen LogP contribution < -0.4 is 5.32 Å². The van der Waals surface area contributed by atoms with E-state index in [1.54, 1.807) is 12.1 Å². The Balaban J connectivity index is 2.33. The molecule has 0 aliphatic rings. The maximum Gasteiger partial charge on any atom is 0.339 e. The lowest BCUT2D eigenvalue weighted by molar-refractivity contribution is -0.161. The topological polar surface area (TPSA) is 158 Å². The van der Waals surface area contributed by atoms with Crippen molar-refractivity contribution in [3.63, 3.8) is 0 Å². The summed E-state index contributed by atoms with van der Waals surface area (Å²) in [5.41, 5.74) is -0.944. The van der Waals surface area contributed by atoms with E-state index in [1.807, 2.05) is 0 Å². The number of nitrogens with one attached hydrogen (secondary N) is 1. The third kappa shape index (κ3) is 10.6. The minimum atomic E-state index is -3.89. The molecule has 2 N–H and O–H groups in total. The van der Waals surface area contributed by atoms with Crippen LogP contribution in [0.5, 0.6) is 0 Å². The standard InChI is InChI=1S/C20H30N2O9S/c1-15(23)22-9-5-12-32(27,28)31-14-20(2,3)17(24)19(26)30-11-6-10-29-18(25)16-7-4-8-21-13-16/h4,7-8,13,17,24H,5-6,9-12,14H2,1-3H3,(H,22,23)/t17-/m0/s1. The number of hydrogen-bond donors (Lipinski definition) is 2. The van der Waals surface area contributed by atoms with Crippen molar-refractivity contribution in [3.8, 4) is 0 Å². The van der Waals surface area contributed by atoms with Gasteiger partial charge in [0.15, 0.2) is 6.10 Å². The van der Waals surface area contributed by atoms with Crippen LogP contribution in [0.25, 0.3) is 0 Å². The van der Waals surface area contributed by atoms with Crippen molar-refractivity contribution in [2.45, 2.75) is 39.7 Å². The predicted octanol–water partition coefficient (Wildman–Crippen LogP) is 0.431. The summed E-state index contributed by atoms with van der Waals surface area (Å²) in [4.78, 5) is 38.4. The Labute approximate surface area is 187 Å². The normalized spacial score (nSPS) is 12.6. The Morgan fingerprint density at radius 3 is 2.50 bits per heavy atom. The molecule has 0 fully saturated rings. The van der Waals surface area contributed by atoms with Crippen molar-refractivity contribution >= 4 is 28.0 Å². The fraction of sp³-hybridized carbons (Fsp3) is 0.600. The molecule has 0 radical (unpaired) electrons. The number of aliphatic hydroxyl groups excluding tert-OH is 1. The fourth-order valence-corrected chi connectivity index (χ4v) is 3.35. The largest absolute Gasteiger partial charge is 0.464 e. The van der Waals surface area contributed by atoms with Gasteiger partial charge in [-0.3, -0.25) is 14.0 Å². The number of hydrogen-bond acceptors (Lipinski definition) is 10. The number of esters is 2. The second kappa shape index (κ2) is 13.1. The van der Waals surface area contributed by atoms with Gasteiger partial charge in [0.1, 0.15) is 0 Å². The maximum absolute atomic E-state index is 12.1. The molecule has 0 aromatic carbocycles. The number of amides is 1. The third-order valence-corrected chi connectivity index (χ3v) is 5.45. The smallest absolute Gasteiger partial charge is 0.339 e. The molecule has 0 bridgehead atoms. The quantitative estimate of drug-likeness (QED) is 0.220. The minimum absolute atomic E-state index is 0.000333. The minimum Gasteiger partial charge on any atom is -0.464 e. The van der Waals surface area contributed by atoms with E-state index < -0.39 is 40.2 Å². The van der Waals surface area contributed by atoms with E-state index in [2.05, 4.69) is 10.3 Å². The summed E-state index contributed by atoms with van der Waals surface area (Å²) >= 11 is 0. The van der Waals surface area contributed by atoms with Crippen LogP contribution in [0.15, 0.2) is 24.5 Å². The van der Waals surface area contributed by atoms with Gasteiger partial charge in [-0.1, -0.05) is 13.8 Å². The first-order chi connectivity index (χ1) is 14.9. The Bertz CT molecular complexity index is 857. The third-order valence-electron chi connectivity index (χ3n) is 4.18. The highest BCUT2D eigenvalue weighted by Gasteiger charge is 2.36. The van der Waals surface area contributed by atoms with Gasteiger partial charge in [0.25, 0.3) is 10.1 Å². The molecule has 0 aliphatic carbocycles. The predicted molar refractivity (Wildman–Crippen MR) is 113 cm³/mol. The molecule has 0 saturated carbocycles. The number of carbonyl (C=O) groups excluding carboxylic acids is 3. The van der Waals surface area contributed by atoms with Crippen LogP contribution in [-0.2, 0) is 33.4 Å². The number of aliphatic hydroxyl groups is 1. The summed E-state index contributed by atoms with van der Waals surface area (Å²) in [6.45, 7) is 3.89. The molecule has 12 heteroatoms. The lowest BCUT2D eigenvalue weighted by Crippen LogP contribution is -2.41. The molecular formula is C20H30N2O9S. The van der Waals surface area contributed by atoms with E-state index in [9.17, 15) is 27.9 Å². The zero-order valence-electron chi connectivity index (χ0n) is 18.4. The SMILES string of the molecule is CC(=O)NCCCS(=O)(=O)OCC(C)(C)[C@@H](O)C(=O)OCCCOC(=O)c1cccnc1. The first-order valence-corrected chi connectivity index (χ1v) is 11.6. The summed E-state index contributed by atoms with van der Waals surface area (Å²) in [5, 5.41) is 12.7. The average molecular weight is 475 g/mol. The highest BCUT2D eigenvalue weighted by molar-refractivity contribution is 7.86. The van der Waals surface area contributed by atoms with E-state index in [-0.39, 0.29) is 44.3 Å². The van der Waals surface area contributed by atoms with Gasteiger partial charge < -0.3 is 19.9 Å². The highest BCUT2D eigenvalue weighted by Crippen LogP contribution is 2.23. The van der Waals surface area contributed by atoms with Gasteiger partial charge in [-0.05, 0) is 18.6 Å². The zero-order valence-corrected chi connectivity index (χ0v) is 19.2. The molecule has 180 valence electrons. The summed E-state index contributed by atoms with van der Waals surface area (Å²) < 4.78 is 38.8. The van der Waals surface area contributed by atoms with E-state index in [4.69, 9.17) is 13.7 Å². The Hall–Kier alpha value is -2.57. The Kier molecular flexibility index (Phi) is 11.2. The molecule has 1 aromatic heterocycles. The molecule has 32 heavy (non-hydrogen) atoms. The fourth-order valence-electron chi connectivity index (χ4n) is 2.25.